The Morgan fingerprint density at radius 1 is 1.27 bits per heavy atom. The number of carbonyl (C=O) groups is 1. The Kier molecular flexibility index (Phi) is 4.32. The fourth-order valence-electron chi connectivity index (χ4n) is 2.48. The molecule has 1 amide bonds. The number of carbonyl (C=O) groups excluding carboxylic acids is 1. The van der Waals surface area contributed by atoms with E-state index in [1.54, 1.807) is 29.2 Å². The molecule has 26 heavy (non-hydrogen) atoms. The van der Waals surface area contributed by atoms with E-state index in [0.29, 0.717) is 28.9 Å². The summed E-state index contributed by atoms with van der Waals surface area (Å²) in [6.45, 7) is 2.49. The second kappa shape index (κ2) is 6.93. The summed E-state index contributed by atoms with van der Waals surface area (Å²) in [5.41, 5.74) is 1.20. The van der Waals surface area contributed by atoms with E-state index in [-0.39, 0.29) is 5.91 Å². The molecule has 0 aliphatic heterocycles. The number of hydrogen-bond acceptors (Lipinski definition) is 6. The van der Waals surface area contributed by atoms with Gasteiger partial charge in [0.25, 0.3) is 5.91 Å². The molecule has 0 aliphatic rings. The van der Waals surface area contributed by atoms with Crippen LogP contribution in [0.1, 0.15) is 17.3 Å². The monoisotopic (exact) mass is 365 g/mol. The van der Waals surface area contributed by atoms with Crippen molar-refractivity contribution < 1.29 is 9.53 Å². The third kappa shape index (κ3) is 3.14. The fourth-order valence-corrected chi connectivity index (χ4v) is 3.36. The van der Waals surface area contributed by atoms with Crippen LogP contribution in [0.4, 0.5) is 5.13 Å². The Bertz CT molecular complexity index is 1040. The van der Waals surface area contributed by atoms with Crippen LogP contribution >= 0.6 is 11.3 Å². The highest BCUT2D eigenvalue weighted by Crippen LogP contribution is 2.32. The van der Waals surface area contributed by atoms with E-state index in [4.69, 9.17) is 4.74 Å². The summed E-state index contributed by atoms with van der Waals surface area (Å²) in [7, 11) is 0. The first-order valence-electron chi connectivity index (χ1n) is 8.04. The zero-order chi connectivity index (χ0) is 17.9. The van der Waals surface area contributed by atoms with Crippen molar-refractivity contribution in [3.05, 3.63) is 60.6 Å². The summed E-state index contributed by atoms with van der Waals surface area (Å²) in [4.78, 5) is 21.2. The molecule has 0 unspecified atom stereocenters. The Labute approximate surface area is 153 Å². The standard InChI is InChI=1S/C18H15N5O2S/c1-2-25-13-5-3-6-14-16(13)21-18(26-14)22-17(24)12-7-8-15(19-11-12)23-10-4-9-20-23/h3-11H,2H2,1H3,(H,21,22,24). The van der Waals surface area contributed by atoms with E-state index >= 15 is 0 Å². The molecule has 4 rings (SSSR count). The first-order chi connectivity index (χ1) is 12.7. The van der Waals surface area contributed by atoms with E-state index in [0.717, 1.165) is 10.2 Å². The van der Waals surface area contributed by atoms with Crippen molar-refractivity contribution in [3.8, 4) is 11.6 Å². The Morgan fingerprint density at radius 3 is 2.92 bits per heavy atom. The Morgan fingerprint density at radius 2 is 2.19 bits per heavy atom. The average molecular weight is 365 g/mol. The van der Waals surface area contributed by atoms with E-state index in [9.17, 15) is 4.79 Å². The van der Waals surface area contributed by atoms with Crippen LogP contribution in [-0.2, 0) is 0 Å². The maximum Gasteiger partial charge on any atom is 0.259 e. The molecule has 1 N–H and O–H groups in total. The molecule has 0 fully saturated rings. The highest BCUT2D eigenvalue weighted by atomic mass is 32.1. The number of nitrogens with one attached hydrogen (secondary N) is 1. The third-order valence-corrected chi connectivity index (χ3v) is 4.59. The van der Waals surface area contributed by atoms with Crippen LogP contribution in [0.3, 0.4) is 0 Å². The van der Waals surface area contributed by atoms with Gasteiger partial charge in [-0.05, 0) is 37.3 Å². The molecular weight excluding hydrogens is 350 g/mol. The van der Waals surface area contributed by atoms with Crippen molar-refractivity contribution in [2.24, 2.45) is 0 Å². The van der Waals surface area contributed by atoms with Crippen molar-refractivity contribution >= 4 is 32.6 Å². The van der Waals surface area contributed by atoms with Crippen LogP contribution in [0.15, 0.2) is 55.0 Å². The number of fused-ring (bicyclic) bond motifs is 1. The summed E-state index contributed by atoms with van der Waals surface area (Å²) in [5.74, 6) is 1.10. The van der Waals surface area contributed by atoms with Crippen LogP contribution < -0.4 is 10.1 Å². The second-order valence-corrected chi connectivity index (χ2v) is 6.40. The number of nitrogens with zero attached hydrogens (tertiary/aromatic N) is 4. The molecule has 4 aromatic rings. The normalized spacial score (nSPS) is 10.8. The van der Waals surface area contributed by atoms with Gasteiger partial charge in [0, 0.05) is 18.6 Å². The number of benzene rings is 1. The predicted molar refractivity (Wildman–Crippen MR) is 100 cm³/mol. The molecule has 0 saturated heterocycles. The van der Waals surface area contributed by atoms with Gasteiger partial charge >= 0.3 is 0 Å². The van der Waals surface area contributed by atoms with Gasteiger partial charge in [-0.2, -0.15) is 5.10 Å². The minimum Gasteiger partial charge on any atom is -0.492 e. The van der Waals surface area contributed by atoms with Crippen LogP contribution in [0.2, 0.25) is 0 Å². The van der Waals surface area contributed by atoms with Gasteiger partial charge in [0.2, 0.25) is 0 Å². The number of anilines is 1. The lowest BCUT2D eigenvalue weighted by atomic mass is 10.2. The molecule has 0 spiro atoms. The number of amides is 1. The summed E-state index contributed by atoms with van der Waals surface area (Å²) in [5, 5.41) is 7.45. The lowest BCUT2D eigenvalue weighted by Crippen LogP contribution is -2.12. The largest absolute Gasteiger partial charge is 0.492 e. The highest BCUT2D eigenvalue weighted by Gasteiger charge is 2.13. The molecule has 0 bridgehead atoms. The summed E-state index contributed by atoms with van der Waals surface area (Å²) >= 11 is 1.40. The number of aromatic nitrogens is 4. The molecule has 3 heterocycles. The van der Waals surface area contributed by atoms with Gasteiger partial charge in [-0.25, -0.2) is 14.6 Å². The zero-order valence-corrected chi connectivity index (χ0v) is 14.7. The maximum absolute atomic E-state index is 12.5. The minimum absolute atomic E-state index is 0.262. The maximum atomic E-state index is 12.5. The zero-order valence-electron chi connectivity index (χ0n) is 13.9. The number of ether oxygens (including phenoxy) is 1. The molecular formula is C18H15N5O2S. The van der Waals surface area contributed by atoms with Gasteiger partial charge in [-0.15, -0.1) is 0 Å². The quantitative estimate of drug-likeness (QED) is 0.585. The molecule has 1 aromatic carbocycles. The van der Waals surface area contributed by atoms with Gasteiger partial charge in [0.05, 0.1) is 16.9 Å². The van der Waals surface area contributed by atoms with E-state index in [2.05, 4.69) is 20.4 Å². The molecule has 0 atom stereocenters. The number of thiazole rings is 1. The van der Waals surface area contributed by atoms with Crippen molar-refractivity contribution in [1.29, 1.82) is 0 Å². The number of para-hydroxylation sites is 1. The topological polar surface area (TPSA) is 81.9 Å². The fraction of sp³-hybridized carbons (Fsp3) is 0.111. The van der Waals surface area contributed by atoms with Gasteiger partial charge in [0.15, 0.2) is 10.9 Å². The van der Waals surface area contributed by atoms with Gasteiger partial charge in [-0.1, -0.05) is 17.4 Å². The SMILES string of the molecule is CCOc1cccc2sc(NC(=O)c3ccc(-n4cccn4)nc3)nc12. The Balaban J connectivity index is 1.54. The van der Waals surface area contributed by atoms with E-state index in [1.165, 1.54) is 17.5 Å². The van der Waals surface area contributed by atoms with Crippen molar-refractivity contribution in [1.82, 2.24) is 19.7 Å². The summed E-state index contributed by atoms with van der Waals surface area (Å²) in [6, 6.07) is 11.0. The third-order valence-electron chi connectivity index (χ3n) is 3.65. The molecule has 7 nitrogen and oxygen atoms in total. The first kappa shape index (κ1) is 16.2. The summed E-state index contributed by atoms with van der Waals surface area (Å²) in [6.07, 6.45) is 4.98. The predicted octanol–water partition coefficient (Wildman–Crippen LogP) is 3.53. The minimum atomic E-state index is -0.262. The molecule has 0 saturated carbocycles. The number of rotatable bonds is 5. The molecule has 3 aromatic heterocycles. The lowest BCUT2D eigenvalue weighted by Gasteiger charge is -2.03. The van der Waals surface area contributed by atoms with Crippen molar-refractivity contribution in [2.45, 2.75) is 6.92 Å². The van der Waals surface area contributed by atoms with E-state index < -0.39 is 0 Å². The van der Waals surface area contributed by atoms with Gasteiger partial charge < -0.3 is 4.74 Å². The molecule has 130 valence electrons. The van der Waals surface area contributed by atoms with Gasteiger partial charge in [0.1, 0.15) is 11.3 Å². The van der Waals surface area contributed by atoms with Crippen molar-refractivity contribution in [2.75, 3.05) is 11.9 Å². The van der Waals surface area contributed by atoms with Gasteiger partial charge in [-0.3, -0.25) is 10.1 Å². The van der Waals surface area contributed by atoms with Crippen molar-refractivity contribution in [3.63, 3.8) is 0 Å². The van der Waals surface area contributed by atoms with Crippen LogP contribution in [0.25, 0.3) is 16.0 Å². The van der Waals surface area contributed by atoms with Crippen LogP contribution in [0, 0.1) is 0 Å². The van der Waals surface area contributed by atoms with Crippen LogP contribution in [-0.4, -0.2) is 32.3 Å². The molecule has 0 radical (unpaired) electrons. The molecule has 8 heteroatoms. The number of hydrogen-bond donors (Lipinski definition) is 1. The summed E-state index contributed by atoms with van der Waals surface area (Å²) < 4.78 is 8.17. The number of pyridine rings is 1. The Hall–Kier alpha value is -3.26. The van der Waals surface area contributed by atoms with Crippen LogP contribution in [0.5, 0.6) is 5.75 Å². The second-order valence-electron chi connectivity index (χ2n) is 5.36. The first-order valence-corrected chi connectivity index (χ1v) is 8.86. The highest BCUT2D eigenvalue weighted by molar-refractivity contribution is 7.22. The van der Waals surface area contributed by atoms with E-state index in [1.807, 2.05) is 31.2 Å². The average Bonchev–Trinajstić information content (AvgIpc) is 3.32. The smallest absolute Gasteiger partial charge is 0.259 e. The lowest BCUT2D eigenvalue weighted by molar-refractivity contribution is 0.102. The molecule has 0 aliphatic carbocycles.